The van der Waals surface area contributed by atoms with Crippen LogP contribution in [0.3, 0.4) is 0 Å². The van der Waals surface area contributed by atoms with E-state index in [2.05, 4.69) is 11.4 Å². The van der Waals surface area contributed by atoms with E-state index in [0.29, 0.717) is 6.54 Å². The lowest BCUT2D eigenvalue weighted by Crippen LogP contribution is -2.39. The lowest BCUT2D eigenvalue weighted by Gasteiger charge is -2.09. The van der Waals surface area contributed by atoms with Crippen LogP contribution in [-0.4, -0.2) is 25.6 Å². The summed E-state index contributed by atoms with van der Waals surface area (Å²) in [6.07, 6.45) is 0.795. The number of nitrogens with one attached hydrogen (secondary N) is 1. The molecular weight excluding hydrogens is 216 g/mol. The number of rotatable bonds is 5. The van der Waals surface area contributed by atoms with Crippen LogP contribution in [0.2, 0.25) is 0 Å². The topological polar surface area (TPSA) is 64.3 Å². The van der Waals surface area contributed by atoms with Gasteiger partial charge in [-0.1, -0.05) is 12.1 Å². The van der Waals surface area contributed by atoms with E-state index in [0.717, 1.165) is 17.7 Å². The van der Waals surface area contributed by atoms with Gasteiger partial charge in [-0.05, 0) is 37.5 Å². The Morgan fingerprint density at radius 2 is 2.24 bits per heavy atom. The van der Waals surface area contributed by atoms with E-state index < -0.39 is 6.04 Å². The number of methoxy groups -OCH3 is 1. The van der Waals surface area contributed by atoms with Gasteiger partial charge in [-0.2, -0.15) is 0 Å². The highest BCUT2D eigenvalue weighted by molar-refractivity contribution is 5.80. The molecule has 1 amide bonds. The van der Waals surface area contributed by atoms with Gasteiger partial charge in [0.05, 0.1) is 13.2 Å². The molecule has 1 aromatic rings. The Balaban J connectivity index is 2.47. The molecule has 0 aromatic heterocycles. The molecule has 17 heavy (non-hydrogen) atoms. The van der Waals surface area contributed by atoms with Crippen LogP contribution in [0.4, 0.5) is 0 Å². The molecule has 4 heteroatoms. The van der Waals surface area contributed by atoms with Crippen molar-refractivity contribution in [2.75, 3.05) is 13.7 Å². The molecule has 0 fully saturated rings. The SMILES string of the molecule is COc1ccc(CCNC(=O)C(C)N)cc1C. The van der Waals surface area contributed by atoms with Gasteiger partial charge < -0.3 is 15.8 Å². The zero-order chi connectivity index (χ0) is 12.8. The molecule has 1 rings (SSSR count). The normalized spacial score (nSPS) is 12.0. The molecule has 1 unspecified atom stereocenters. The Labute approximate surface area is 102 Å². The largest absolute Gasteiger partial charge is 0.496 e. The van der Waals surface area contributed by atoms with Crippen LogP contribution in [-0.2, 0) is 11.2 Å². The second-order valence-electron chi connectivity index (χ2n) is 4.13. The smallest absolute Gasteiger partial charge is 0.236 e. The number of carbonyl (C=O) groups is 1. The van der Waals surface area contributed by atoms with Crippen LogP contribution in [0.5, 0.6) is 5.75 Å². The Hall–Kier alpha value is -1.55. The molecule has 0 aliphatic carbocycles. The van der Waals surface area contributed by atoms with Crippen LogP contribution in [0.25, 0.3) is 0 Å². The van der Waals surface area contributed by atoms with E-state index in [-0.39, 0.29) is 5.91 Å². The fourth-order valence-electron chi connectivity index (χ4n) is 1.59. The van der Waals surface area contributed by atoms with E-state index >= 15 is 0 Å². The highest BCUT2D eigenvalue weighted by Gasteiger charge is 2.06. The lowest BCUT2D eigenvalue weighted by atomic mass is 10.1. The summed E-state index contributed by atoms with van der Waals surface area (Å²) in [5.41, 5.74) is 7.72. The molecule has 0 radical (unpaired) electrons. The first-order valence-corrected chi connectivity index (χ1v) is 5.71. The molecule has 94 valence electrons. The highest BCUT2D eigenvalue weighted by atomic mass is 16.5. The number of amides is 1. The van der Waals surface area contributed by atoms with Crippen molar-refractivity contribution in [1.29, 1.82) is 0 Å². The summed E-state index contributed by atoms with van der Waals surface area (Å²) in [5, 5.41) is 2.78. The molecule has 0 aliphatic heterocycles. The van der Waals surface area contributed by atoms with Crippen LogP contribution >= 0.6 is 0 Å². The van der Waals surface area contributed by atoms with Crippen molar-refractivity contribution in [3.05, 3.63) is 29.3 Å². The molecule has 0 heterocycles. The van der Waals surface area contributed by atoms with Gasteiger partial charge in [-0.25, -0.2) is 0 Å². The summed E-state index contributed by atoms with van der Waals surface area (Å²) in [4.78, 5) is 11.2. The van der Waals surface area contributed by atoms with E-state index in [1.165, 1.54) is 5.56 Å². The molecule has 0 aliphatic rings. The van der Waals surface area contributed by atoms with Gasteiger partial charge in [0.15, 0.2) is 0 Å². The minimum Gasteiger partial charge on any atom is -0.496 e. The lowest BCUT2D eigenvalue weighted by molar-refractivity contribution is -0.121. The van der Waals surface area contributed by atoms with Gasteiger partial charge in [0.25, 0.3) is 0 Å². The van der Waals surface area contributed by atoms with Crippen molar-refractivity contribution in [1.82, 2.24) is 5.32 Å². The highest BCUT2D eigenvalue weighted by Crippen LogP contribution is 2.18. The fourth-order valence-corrected chi connectivity index (χ4v) is 1.59. The summed E-state index contributed by atoms with van der Waals surface area (Å²) in [6.45, 7) is 4.28. The van der Waals surface area contributed by atoms with Gasteiger partial charge in [0, 0.05) is 6.54 Å². The van der Waals surface area contributed by atoms with E-state index in [9.17, 15) is 4.79 Å². The minimum absolute atomic E-state index is 0.116. The summed E-state index contributed by atoms with van der Waals surface area (Å²) < 4.78 is 5.19. The van der Waals surface area contributed by atoms with Crippen LogP contribution in [0.1, 0.15) is 18.1 Å². The summed E-state index contributed by atoms with van der Waals surface area (Å²) >= 11 is 0. The minimum atomic E-state index is -0.451. The monoisotopic (exact) mass is 236 g/mol. The van der Waals surface area contributed by atoms with E-state index in [1.54, 1.807) is 14.0 Å². The van der Waals surface area contributed by atoms with Crippen molar-refractivity contribution in [3.63, 3.8) is 0 Å². The van der Waals surface area contributed by atoms with Gasteiger partial charge in [-0.15, -0.1) is 0 Å². The Kier molecular flexibility index (Phi) is 4.97. The zero-order valence-electron chi connectivity index (χ0n) is 10.6. The standard InChI is InChI=1S/C13H20N2O2/c1-9-8-11(4-5-12(9)17-3)6-7-15-13(16)10(2)14/h4-5,8,10H,6-7,14H2,1-3H3,(H,15,16). The van der Waals surface area contributed by atoms with Gasteiger partial charge in [0.1, 0.15) is 5.75 Å². The molecule has 0 saturated carbocycles. The maximum atomic E-state index is 11.2. The zero-order valence-corrected chi connectivity index (χ0v) is 10.6. The first-order chi connectivity index (χ1) is 8.04. The second-order valence-corrected chi connectivity index (χ2v) is 4.13. The number of nitrogens with two attached hydrogens (primary N) is 1. The maximum Gasteiger partial charge on any atom is 0.236 e. The molecule has 3 N–H and O–H groups in total. The molecule has 4 nitrogen and oxygen atoms in total. The molecule has 1 aromatic carbocycles. The molecule has 0 saturated heterocycles. The first-order valence-electron chi connectivity index (χ1n) is 5.71. The quantitative estimate of drug-likeness (QED) is 0.802. The number of carbonyl (C=O) groups excluding carboxylic acids is 1. The Morgan fingerprint density at radius 1 is 1.53 bits per heavy atom. The van der Waals surface area contributed by atoms with Crippen LogP contribution in [0.15, 0.2) is 18.2 Å². The third-order valence-electron chi connectivity index (χ3n) is 2.59. The molecular formula is C13H20N2O2. The van der Waals surface area contributed by atoms with Crippen LogP contribution in [0, 0.1) is 6.92 Å². The second kappa shape index (κ2) is 6.25. The molecule has 0 bridgehead atoms. The number of benzene rings is 1. The van der Waals surface area contributed by atoms with Gasteiger partial charge in [0.2, 0.25) is 5.91 Å². The molecule has 1 atom stereocenters. The fraction of sp³-hybridized carbons (Fsp3) is 0.462. The average Bonchev–Trinajstić information content (AvgIpc) is 2.29. The van der Waals surface area contributed by atoms with E-state index in [1.807, 2.05) is 19.1 Å². The van der Waals surface area contributed by atoms with Gasteiger partial charge >= 0.3 is 0 Å². The Morgan fingerprint density at radius 3 is 2.76 bits per heavy atom. The van der Waals surface area contributed by atoms with Crippen molar-refractivity contribution >= 4 is 5.91 Å². The van der Waals surface area contributed by atoms with Crippen LogP contribution < -0.4 is 15.8 Å². The number of aryl methyl sites for hydroxylation is 1. The van der Waals surface area contributed by atoms with Gasteiger partial charge in [-0.3, -0.25) is 4.79 Å². The third-order valence-corrected chi connectivity index (χ3v) is 2.59. The maximum absolute atomic E-state index is 11.2. The summed E-state index contributed by atoms with van der Waals surface area (Å²) in [6, 6.07) is 5.56. The van der Waals surface area contributed by atoms with Crippen molar-refractivity contribution < 1.29 is 9.53 Å². The third kappa shape index (κ3) is 4.07. The number of hydrogen-bond acceptors (Lipinski definition) is 3. The summed E-state index contributed by atoms with van der Waals surface area (Å²) in [5.74, 6) is 0.767. The summed E-state index contributed by atoms with van der Waals surface area (Å²) in [7, 11) is 1.66. The van der Waals surface area contributed by atoms with E-state index in [4.69, 9.17) is 10.5 Å². The Bertz CT molecular complexity index is 389. The number of ether oxygens (including phenoxy) is 1. The van der Waals surface area contributed by atoms with Crippen molar-refractivity contribution in [2.45, 2.75) is 26.3 Å². The van der Waals surface area contributed by atoms with Crippen molar-refractivity contribution in [3.8, 4) is 5.75 Å². The predicted molar refractivity (Wildman–Crippen MR) is 68.1 cm³/mol. The first kappa shape index (κ1) is 13.5. The van der Waals surface area contributed by atoms with Crippen molar-refractivity contribution in [2.24, 2.45) is 5.73 Å². The average molecular weight is 236 g/mol. The predicted octanol–water partition coefficient (Wildman–Crippen LogP) is 1.01. The molecule has 0 spiro atoms. The number of hydrogen-bond donors (Lipinski definition) is 2.